The Labute approximate surface area is 126 Å². The van der Waals surface area contributed by atoms with E-state index in [1.807, 2.05) is 0 Å². The Kier molecular flexibility index (Phi) is 4.94. The Morgan fingerprint density at radius 1 is 1.27 bits per heavy atom. The van der Waals surface area contributed by atoms with Crippen molar-refractivity contribution < 1.29 is 19.1 Å². The Hall–Kier alpha value is -2.62. The first-order chi connectivity index (χ1) is 10.5. The molecule has 0 aromatic heterocycles. The van der Waals surface area contributed by atoms with E-state index < -0.39 is 17.8 Å². The zero-order valence-corrected chi connectivity index (χ0v) is 11.8. The van der Waals surface area contributed by atoms with Crippen molar-refractivity contribution in [1.29, 1.82) is 5.26 Å². The van der Waals surface area contributed by atoms with Crippen LogP contribution in [0.3, 0.4) is 0 Å². The Bertz CT molecular complexity index is 619. The minimum absolute atomic E-state index is 0.0773. The molecule has 116 valence electrons. The summed E-state index contributed by atoms with van der Waals surface area (Å²) in [6.07, 6.45) is 2.29. The number of aliphatic carboxylic acids is 1. The Morgan fingerprint density at radius 2 is 1.95 bits per heavy atom. The minimum atomic E-state index is -0.793. The van der Waals surface area contributed by atoms with E-state index in [1.54, 1.807) is 6.07 Å². The number of benzene rings is 1. The van der Waals surface area contributed by atoms with Gasteiger partial charge < -0.3 is 15.7 Å². The predicted octanol–water partition coefficient (Wildman–Crippen LogP) is 2.46. The lowest BCUT2D eigenvalue weighted by Crippen LogP contribution is -2.41. The predicted molar refractivity (Wildman–Crippen MR) is 76.7 cm³/mol. The zero-order chi connectivity index (χ0) is 16.1. The fourth-order valence-electron chi connectivity index (χ4n) is 2.53. The number of carbonyl (C=O) groups is 2. The summed E-state index contributed by atoms with van der Waals surface area (Å²) < 4.78 is 13.2. The molecule has 0 heterocycles. The number of nitrogens with one attached hydrogen (secondary N) is 2. The molecule has 6 nitrogen and oxygen atoms in total. The molecule has 0 aliphatic heterocycles. The van der Waals surface area contributed by atoms with E-state index in [2.05, 4.69) is 10.6 Å². The SMILES string of the molecule is N#Cc1cc(NC(=O)NC2CCC(C(=O)O)CC2)ccc1F. The standard InChI is InChI=1S/C15H16FN3O3/c16-13-6-5-12(7-10(13)8-17)19-15(22)18-11-3-1-9(2-4-11)14(20)21/h5-7,9,11H,1-4H2,(H,20,21)(H2,18,19,22). The zero-order valence-electron chi connectivity index (χ0n) is 11.8. The molecule has 0 unspecified atom stereocenters. The summed E-state index contributed by atoms with van der Waals surface area (Å²) in [5.41, 5.74) is 0.189. The molecule has 1 aromatic rings. The molecule has 3 N–H and O–H groups in total. The first-order valence-electron chi connectivity index (χ1n) is 6.99. The lowest BCUT2D eigenvalue weighted by Gasteiger charge is -2.26. The highest BCUT2D eigenvalue weighted by Gasteiger charge is 2.26. The first-order valence-corrected chi connectivity index (χ1v) is 6.99. The number of carbonyl (C=O) groups excluding carboxylic acids is 1. The summed E-state index contributed by atoms with van der Waals surface area (Å²) in [5, 5.41) is 23.0. The number of urea groups is 1. The molecule has 0 bridgehead atoms. The van der Waals surface area contributed by atoms with Crippen LogP contribution < -0.4 is 10.6 Å². The van der Waals surface area contributed by atoms with Crippen LogP contribution in [0.25, 0.3) is 0 Å². The average Bonchev–Trinajstić information content (AvgIpc) is 2.49. The van der Waals surface area contributed by atoms with E-state index in [9.17, 15) is 14.0 Å². The topological polar surface area (TPSA) is 102 Å². The van der Waals surface area contributed by atoms with Crippen LogP contribution in [0, 0.1) is 23.1 Å². The second kappa shape index (κ2) is 6.89. The number of rotatable bonds is 3. The third-order valence-electron chi connectivity index (χ3n) is 3.76. The number of carboxylic acids is 1. The van der Waals surface area contributed by atoms with Crippen molar-refractivity contribution in [3.8, 4) is 6.07 Å². The summed E-state index contributed by atoms with van der Waals surface area (Å²) in [4.78, 5) is 22.7. The van der Waals surface area contributed by atoms with Crippen LogP contribution in [0.4, 0.5) is 14.9 Å². The number of carboxylic acid groups (broad SMARTS) is 1. The first kappa shape index (κ1) is 15.8. The molecule has 2 rings (SSSR count). The Balaban J connectivity index is 1.86. The molecule has 0 radical (unpaired) electrons. The van der Waals surface area contributed by atoms with Gasteiger partial charge in [0.25, 0.3) is 0 Å². The molecule has 1 saturated carbocycles. The number of hydrogen-bond acceptors (Lipinski definition) is 3. The highest BCUT2D eigenvalue weighted by atomic mass is 19.1. The van der Waals surface area contributed by atoms with E-state index in [1.165, 1.54) is 12.1 Å². The van der Waals surface area contributed by atoms with Gasteiger partial charge in [0.2, 0.25) is 0 Å². The molecule has 22 heavy (non-hydrogen) atoms. The molecule has 7 heteroatoms. The van der Waals surface area contributed by atoms with Crippen molar-refractivity contribution in [2.24, 2.45) is 5.92 Å². The molecule has 1 aromatic carbocycles. The van der Waals surface area contributed by atoms with Gasteiger partial charge in [-0.1, -0.05) is 0 Å². The van der Waals surface area contributed by atoms with E-state index in [0.717, 1.165) is 6.07 Å². The van der Waals surface area contributed by atoms with Crippen molar-refractivity contribution in [3.05, 3.63) is 29.6 Å². The molecular formula is C15H16FN3O3. The van der Waals surface area contributed by atoms with E-state index in [0.29, 0.717) is 31.4 Å². The maximum absolute atomic E-state index is 13.2. The van der Waals surface area contributed by atoms with Gasteiger partial charge in [0.05, 0.1) is 11.5 Å². The normalized spacial score (nSPS) is 20.7. The van der Waals surface area contributed by atoms with E-state index in [4.69, 9.17) is 10.4 Å². The number of halogens is 1. The minimum Gasteiger partial charge on any atom is -0.481 e. The third-order valence-corrected chi connectivity index (χ3v) is 3.76. The average molecular weight is 305 g/mol. The molecule has 1 aliphatic rings. The highest BCUT2D eigenvalue weighted by molar-refractivity contribution is 5.89. The number of anilines is 1. The summed E-state index contributed by atoms with van der Waals surface area (Å²) in [6, 6.07) is 4.93. The van der Waals surface area contributed by atoms with Gasteiger partial charge in [0, 0.05) is 11.7 Å². The Morgan fingerprint density at radius 3 is 2.55 bits per heavy atom. The van der Waals surface area contributed by atoms with Gasteiger partial charge in [-0.3, -0.25) is 4.79 Å². The van der Waals surface area contributed by atoms with Crippen molar-refractivity contribution in [2.45, 2.75) is 31.7 Å². The molecule has 1 fully saturated rings. The van der Waals surface area contributed by atoms with Gasteiger partial charge in [-0.05, 0) is 43.9 Å². The lowest BCUT2D eigenvalue weighted by molar-refractivity contribution is -0.142. The lowest BCUT2D eigenvalue weighted by atomic mass is 9.86. The van der Waals surface area contributed by atoms with Crippen LogP contribution in [-0.4, -0.2) is 23.1 Å². The monoisotopic (exact) mass is 305 g/mol. The van der Waals surface area contributed by atoms with E-state index >= 15 is 0 Å². The van der Waals surface area contributed by atoms with Crippen molar-refractivity contribution in [3.63, 3.8) is 0 Å². The van der Waals surface area contributed by atoms with Crippen molar-refractivity contribution >= 4 is 17.7 Å². The number of nitriles is 1. The van der Waals surface area contributed by atoms with Gasteiger partial charge in [-0.15, -0.1) is 0 Å². The number of hydrogen-bond donors (Lipinski definition) is 3. The van der Waals surface area contributed by atoms with Gasteiger partial charge >= 0.3 is 12.0 Å². The van der Waals surface area contributed by atoms with Crippen LogP contribution >= 0.6 is 0 Å². The fraction of sp³-hybridized carbons (Fsp3) is 0.400. The smallest absolute Gasteiger partial charge is 0.319 e. The fourth-order valence-corrected chi connectivity index (χ4v) is 2.53. The van der Waals surface area contributed by atoms with E-state index in [-0.39, 0.29) is 17.5 Å². The summed E-state index contributed by atoms with van der Waals surface area (Å²) in [6.45, 7) is 0. The highest BCUT2D eigenvalue weighted by Crippen LogP contribution is 2.24. The van der Waals surface area contributed by atoms with Crippen molar-refractivity contribution in [2.75, 3.05) is 5.32 Å². The third kappa shape index (κ3) is 3.95. The van der Waals surface area contributed by atoms with Gasteiger partial charge in [0.15, 0.2) is 0 Å². The molecule has 2 amide bonds. The quantitative estimate of drug-likeness (QED) is 0.798. The van der Waals surface area contributed by atoms with Crippen LogP contribution in [0.2, 0.25) is 0 Å². The largest absolute Gasteiger partial charge is 0.481 e. The molecule has 0 saturated heterocycles. The maximum Gasteiger partial charge on any atom is 0.319 e. The molecular weight excluding hydrogens is 289 g/mol. The molecule has 0 atom stereocenters. The summed E-state index contributed by atoms with van der Waals surface area (Å²) in [5.74, 6) is -1.77. The van der Waals surface area contributed by atoms with Crippen LogP contribution in [0.5, 0.6) is 0 Å². The number of nitrogens with zero attached hydrogens (tertiary/aromatic N) is 1. The van der Waals surface area contributed by atoms with Gasteiger partial charge in [-0.25, -0.2) is 9.18 Å². The van der Waals surface area contributed by atoms with Crippen molar-refractivity contribution in [1.82, 2.24) is 5.32 Å². The second-order valence-corrected chi connectivity index (χ2v) is 5.29. The maximum atomic E-state index is 13.2. The van der Waals surface area contributed by atoms with Crippen LogP contribution in [0.15, 0.2) is 18.2 Å². The second-order valence-electron chi connectivity index (χ2n) is 5.29. The molecule has 1 aliphatic carbocycles. The van der Waals surface area contributed by atoms with Gasteiger partial charge in [0.1, 0.15) is 11.9 Å². The molecule has 0 spiro atoms. The summed E-state index contributed by atoms with van der Waals surface area (Å²) >= 11 is 0. The van der Waals surface area contributed by atoms with Crippen LogP contribution in [0.1, 0.15) is 31.2 Å². The number of amides is 2. The summed E-state index contributed by atoms with van der Waals surface area (Å²) in [7, 11) is 0. The van der Waals surface area contributed by atoms with Gasteiger partial charge in [-0.2, -0.15) is 5.26 Å². The van der Waals surface area contributed by atoms with Crippen LogP contribution in [-0.2, 0) is 4.79 Å².